The molecule has 1 aromatic heterocycles. The van der Waals surface area contributed by atoms with Gasteiger partial charge in [-0.15, -0.1) is 0 Å². The van der Waals surface area contributed by atoms with Crippen molar-refractivity contribution in [1.82, 2.24) is 15.5 Å². The molecule has 2 aliphatic rings. The van der Waals surface area contributed by atoms with Gasteiger partial charge in [0.25, 0.3) is 0 Å². The molecule has 0 saturated heterocycles. The fourth-order valence-corrected chi connectivity index (χ4v) is 3.21. The van der Waals surface area contributed by atoms with Crippen molar-refractivity contribution in [2.75, 3.05) is 0 Å². The highest BCUT2D eigenvalue weighted by molar-refractivity contribution is 5.75. The fourth-order valence-electron chi connectivity index (χ4n) is 3.21. The van der Waals surface area contributed by atoms with Crippen LogP contribution in [0.5, 0.6) is 0 Å². The largest absolute Gasteiger partial charge is 0.347 e. The summed E-state index contributed by atoms with van der Waals surface area (Å²) in [5.74, 6) is 1.81. The second-order valence-corrected chi connectivity index (χ2v) is 6.49. The van der Waals surface area contributed by atoms with Crippen LogP contribution >= 0.6 is 0 Å². The minimum Gasteiger partial charge on any atom is -0.347 e. The SMILES string of the molecule is NC1(c2noc(CNC(=O)CCC3CCCC3)n2)CCC1. The Morgan fingerprint density at radius 3 is 2.76 bits per heavy atom. The first-order chi connectivity index (χ1) is 10.2. The van der Waals surface area contributed by atoms with Gasteiger partial charge in [0.1, 0.15) is 0 Å². The molecule has 2 fully saturated rings. The molecule has 0 unspecified atom stereocenters. The number of hydrogen-bond acceptors (Lipinski definition) is 5. The maximum Gasteiger partial charge on any atom is 0.246 e. The molecule has 21 heavy (non-hydrogen) atoms. The number of amides is 1. The molecule has 0 bridgehead atoms. The summed E-state index contributed by atoms with van der Waals surface area (Å²) in [4.78, 5) is 16.1. The van der Waals surface area contributed by atoms with Crippen molar-refractivity contribution in [3.8, 4) is 0 Å². The third-order valence-corrected chi connectivity index (χ3v) is 4.85. The molecule has 6 nitrogen and oxygen atoms in total. The van der Waals surface area contributed by atoms with Crippen molar-refractivity contribution in [3.63, 3.8) is 0 Å². The van der Waals surface area contributed by atoms with Gasteiger partial charge in [0, 0.05) is 6.42 Å². The third kappa shape index (κ3) is 3.43. The minimum atomic E-state index is -0.408. The van der Waals surface area contributed by atoms with E-state index in [0.29, 0.717) is 24.7 Å². The van der Waals surface area contributed by atoms with Gasteiger partial charge in [-0.3, -0.25) is 4.79 Å². The summed E-state index contributed by atoms with van der Waals surface area (Å²) in [5, 5.41) is 6.78. The van der Waals surface area contributed by atoms with Crippen LogP contribution in [0, 0.1) is 5.92 Å². The minimum absolute atomic E-state index is 0.0627. The molecule has 6 heteroatoms. The van der Waals surface area contributed by atoms with E-state index in [1.165, 1.54) is 25.7 Å². The second-order valence-electron chi connectivity index (χ2n) is 6.49. The van der Waals surface area contributed by atoms with Crippen molar-refractivity contribution < 1.29 is 9.32 Å². The van der Waals surface area contributed by atoms with E-state index in [4.69, 9.17) is 10.3 Å². The quantitative estimate of drug-likeness (QED) is 0.836. The first-order valence-corrected chi connectivity index (χ1v) is 8.04. The van der Waals surface area contributed by atoms with Crippen molar-refractivity contribution in [1.29, 1.82) is 0 Å². The lowest BCUT2D eigenvalue weighted by molar-refractivity contribution is -0.121. The summed E-state index contributed by atoms with van der Waals surface area (Å²) in [6.07, 6.45) is 9.69. The monoisotopic (exact) mass is 292 g/mol. The predicted molar refractivity (Wildman–Crippen MR) is 77.1 cm³/mol. The average Bonchev–Trinajstić information content (AvgIpc) is 3.11. The summed E-state index contributed by atoms with van der Waals surface area (Å²) in [6.45, 7) is 0.298. The van der Waals surface area contributed by atoms with E-state index in [-0.39, 0.29) is 5.91 Å². The smallest absolute Gasteiger partial charge is 0.246 e. The van der Waals surface area contributed by atoms with Gasteiger partial charge in [0.2, 0.25) is 11.8 Å². The van der Waals surface area contributed by atoms with E-state index < -0.39 is 5.54 Å². The number of carbonyl (C=O) groups is 1. The van der Waals surface area contributed by atoms with E-state index in [1.807, 2.05) is 0 Å². The Kier molecular flexibility index (Phi) is 4.24. The lowest BCUT2D eigenvalue weighted by atomic mass is 9.77. The molecule has 0 aliphatic heterocycles. The first-order valence-electron chi connectivity index (χ1n) is 8.04. The Balaban J connectivity index is 1.41. The first kappa shape index (κ1) is 14.5. The van der Waals surface area contributed by atoms with E-state index in [2.05, 4.69) is 15.5 Å². The van der Waals surface area contributed by atoms with E-state index >= 15 is 0 Å². The van der Waals surface area contributed by atoms with E-state index in [0.717, 1.165) is 31.6 Å². The molecule has 0 spiro atoms. The van der Waals surface area contributed by atoms with Gasteiger partial charge in [0.05, 0.1) is 12.1 Å². The van der Waals surface area contributed by atoms with Crippen LogP contribution in [0.3, 0.4) is 0 Å². The zero-order valence-corrected chi connectivity index (χ0v) is 12.4. The molecule has 116 valence electrons. The van der Waals surface area contributed by atoms with Crippen LogP contribution in [-0.2, 0) is 16.9 Å². The fraction of sp³-hybridized carbons (Fsp3) is 0.800. The van der Waals surface area contributed by atoms with E-state index in [9.17, 15) is 4.79 Å². The lowest BCUT2D eigenvalue weighted by Crippen LogP contribution is -2.44. The molecule has 1 amide bonds. The second kappa shape index (κ2) is 6.13. The molecule has 0 atom stereocenters. The molecule has 3 N–H and O–H groups in total. The standard InChI is InChI=1S/C15H24N4O2/c16-15(8-3-9-15)14-18-13(21-19-14)10-17-12(20)7-6-11-4-1-2-5-11/h11H,1-10,16H2,(H,17,20). The number of hydrogen-bond donors (Lipinski definition) is 2. The highest BCUT2D eigenvalue weighted by Crippen LogP contribution is 2.36. The van der Waals surface area contributed by atoms with Crippen molar-refractivity contribution in [2.45, 2.75) is 69.9 Å². The number of nitrogens with zero attached hydrogens (tertiary/aromatic N) is 2. The van der Waals surface area contributed by atoms with Gasteiger partial charge < -0.3 is 15.6 Å². The molecule has 0 radical (unpaired) electrons. The van der Waals surface area contributed by atoms with Crippen LogP contribution in [0.1, 0.15) is 69.5 Å². The summed E-state index contributed by atoms with van der Waals surface area (Å²) >= 11 is 0. The highest BCUT2D eigenvalue weighted by Gasteiger charge is 2.38. The third-order valence-electron chi connectivity index (χ3n) is 4.85. The zero-order chi connectivity index (χ0) is 14.7. The lowest BCUT2D eigenvalue weighted by Gasteiger charge is -2.34. The molecular formula is C15H24N4O2. The topological polar surface area (TPSA) is 94.0 Å². The molecular weight excluding hydrogens is 268 g/mol. The number of aromatic nitrogens is 2. The predicted octanol–water partition coefficient (Wildman–Crippen LogP) is 1.99. The highest BCUT2D eigenvalue weighted by atomic mass is 16.5. The normalized spacial score (nSPS) is 21.2. The van der Waals surface area contributed by atoms with Gasteiger partial charge in [0.15, 0.2) is 5.82 Å². The van der Waals surface area contributed by atoms with Gasteiger partial charge in [-0.25, -0.2) is 0 Å². The van der Waals surface area contributed by atoms with Crippen LogP contribution in [0.25, 0.3) is 0 Å². The Bertz CT molecular complexity index is 490. The van der Waals surface area contributed by atoms with E-state index in [1.54, 1.807) is 0 Å². The summed E-state index contributed by atoms with van der Waals surface area (Å²) in [5.41, 5.74) is 5.73. The maximum absolute atomic E-state index is 11.8. The summed E-state index contributed by atoms with van der Waals surface area (Å²) in [6, 6.07) is 0. The average molecular weight is 292 g/mol. The number of carbonyl (C=O) groups excluding carboxylic acids is 1. The molecule has 1 aromatic rings. The van der Waals surface area contributed by atoms with Crippen LogP contribution in [0.4, 0.5) is 0 Å². The summed E-state index contributed by atoms with van der Waals surface area (Å²) in [7, 11) is 0. The Morgan fingerprint density at radius 2 is 2.10 bits per heavy atom. The van der Waals surface area contributed by atoms with Gasteiger partial charge in [-0.05, 0) is 31.6 Å². The van der Waals surface area contributed by atoms with Crippen LogP contribution in [-0.4, -0.2) is 16.0 Å². The number of rotatable bonds is 6. The Hall–Kier alpha value is -1.43. The van der Waals surface area contributed by atoms with Crippen LogP contribution in [0.2, 0.25) is 0 Å². The van der Waals surface area contributed by atoms with Gasteiger partial charge in [-0.1, -0.05) is 30.8 Å². The molecule has 2 aliphatic carbocycles. The number of nitrogens with two attached hydrogens (primary N) is 1. The molecule has 2 saturated carbocycles. The van der Waals surface area contributed by atoms with Crippen molar-refractivity contribution >= 4 is 5.91 Å². The summed E-state index contributed by atoms with van der Waals surface area (Å²) < 4.78 is 5.16. The van der Waals surface area contributed by atoms with Crippen molar-refractivity contribution in [3.05, 3.63) is 11.7 Å². The Morgan fingerprint density at radius 1 is 1.33 bits per heavy atom. The number of nitrogens with one attached hydrogen (secondary N) is 1. The van der Waals surface area contributed by atoms with Gasteiger partial charge >= 0.3 is 0 Å². The molecule has 1 heterocycles. The zero-order valence-electron chi connectivity index (χ0n) is 12.4. The van der Waals surface area contributed by atoms with Crippen LogP contribution < -0.4 is 11.1 Å². The van der Waals surface area contributed by atoms with Crippen molar-refractivity contribution in [2.24, 2.45) is 11.7 Å². The maximum atomic E-state index is 11.8. The molecule has 3 rings (SSSR count). The van der Waals surface area contributed by atoms with Gasteiger partial charge in [-0.2, -0.15) is 4.98 Å². The molecule has 0 aromatic carbocycles. The Labute approximate surface area is 124 Å². The van der Waals surface area contributed by atoms with Crippen LogP contribution in [0.15, 0.2) is 4.52 Å².